The monoisotopic (exact) mass is 385 g/mol. The molecule has 1 atom stereocenters. The Labute approximate surface area is 156 Å². The zero-order valence-corrected chi connectivity index (χ0v) is 15.4. The molecule has 0 bridgehead atoms. The van der Waals surface area contributed by atoms with Crippen molar-refractivity contribution in [2.24, 2.45) is 0 Å². The van der Waals surface area contributed by atoms with Crippen molar-refractivity contribution in [3.63, 3.8) is 0 Å². The molecule has 10 nitrogen and oxygen atoms in total. The maximum absolute atomic E-state index is 11.1. The van der Waals surface area contributed by atoms with Gasteiger partial charge in [-0.2, -0.15) is 0 Å². The number of hydrogen-bond donors (Lipinski definition) is 0. The Hall–Kier alpha value is -3.08. The van der Waals surface area contributed by atoms with E-state index in [9.17, 15) is 10.1 Å². The van der Waals surface area contributed by atoms with Gasteiger partial charge in [-0.15, -0.1) is 21.5 Å². The Morgan fingerprint density at radius 2 is 2.22 bits per heavy atom. The molecule has 0 fully saturated rings. The second-order valence-corrected chi connectivity index (χ2v) is 7.54. The van der Waals surface area contributed by atoms with Gasteiger partial charge in [0.2, 0.25) is 0 Å². The summed E-state index contributed by atoms with van der Waals surface area (Å²) in [7, 11) is 1.35. The van der Waals surface area contributed by atoms with Gasteiger partial charge in [0.05, 0.1) is 17.4 Å². The maximum atomic E-state index is 11.1. The normalized spacial score (nSPS) is 14.7. The van der Waals surface area contributed by atoms with Gasteiger partial charge in [0.25, 0.3) is 0 Å². The highest BCUT2D eigenvalue weighted by Gasteiger charge is 2.26. The molecule has 11 heteroatoms. The summed E-state index contributed by atoms with van der Waals surface area (Å²) in [4.78, 5) is 22.2. The fourth-order valence-corrected chi connectivity index (χ4v) is 4.76. The van der Waals surface area contributed by atoms with Gasteiger partial charge < -0.3 is 4.74 Å². The van der Waals surface area contributed by atoms with Crippen molar-refractivity contribution in [3.05, 3.63) is 38.9 Å². The molecule has 1 aliphatic rings. The lowest BCUT2D eigenvalue weighted by Crippen LogP contribution is -2.09. The zero-order valence-electron chi connectivity index (χ0n) is 14.6. The number of aromatic nitrogens is 6. The van der Waals surface area contributed by atoms with Crippen LogP contribution in [-0.2, 0) is 12.8 Å². The molecule has 1 unspecified atom stereocenters. The summed E-state index contributed by atoms with van der Waals surface area (Å²) in [6.45, 7) is 1.84. The predicted octanol–water partition coefficient (Wildman–Crippen LogP) is 2.55. The minimum Gasteiger partial charge on any atom is -0.475 e. The van der Waals surface area contributed by atoms with E-state index in [1.807, 2.05) is 6.92 Å². The molecule has 0 spiro atoms. The summed E-state index contributed by atoms with van der Waals surface area (Å²) in [5, 5.41) is 20.9. The molecule has 4 aromatic heterocycles. The van der Waals surface area contributed by atoms with Crippen LogP contribution in [-0.4, -0.2) is 41.4 Å². The van der Waals surface area contributed by atoms with E-state index in [4.69, 9.17) is 9.72 Å². The SMILES string of the molecule is COc1nn(C(C)c2nc3c4c5c(sc4ncn3n2)CCC5)cc1[N+](=O)[O-]. The minimum absolute atomic E-state index is 0.0321. The largest absolute Gasteiger partial charge is 0.475 e. The molecule has 4 aromatic rings. The smallest absolute Gasteiger partial charge is 0.350 e. The van der Waals surface area contributed by atoms with Gasteiger partial charge in [0.15, 0.2) is 11.5 Å². The third kappa shape index (κ3) is 2.31. The van der Waals surface area contributed by atoms with Crippen molar-refractivity contribution in [2.45, 2.75) is 32.2 Å². The van der Waals surface area contributed by atoms with E-state index in [0.717, 1.165) is 35.1 Å². The lowest BCUT2D eigenvalue weighted by Gasteiger charge is -2.06. The summed E-state index contributed by atoms with van der Waals surface area (Å²) in [6, 6.07) is -0.394. The zero-order chi connectivity index (χ0) is 18.7. The highest BCUT2D eigenvalue weighted by Crippen LogP contribution is 2.38. The number of nitro groups is 1. The van der Waals surface area contributed by atoms with Crippen LogP contribution < -0.4 is 4.74 Å². The van der Waals surface area contributed by atoms with E-state index >= 15 is 0 Å². The highest BCUT2D eigenvalue weighted by atomic mass is 32.1. The third-order valence-corrected chi connectivity index (χ3v) is 6.10. The average Bonchev–Trinajstić information content (AvgIpc) is 3.39. The highest BCUT2D eigenvalue weighted by molar-refractivity contribution is 7.19. The molecule has 4 heterocycles. The van der Waals surface area contributed by atoms with Crippen LogP contribution in [0.4, 0.5) is 5.69 Å². The third-order valence-electron chi connectivity index (χ3n) is 4.90. The maximum Gasteiger partial charge on any atom is 0.350 e. The van der Waals surface area contributed by atoms with Crippen LogP contribution in [0, 0.1) is 10.1 Å². The summed E-state index contributed by atoms with van der Waals surface area (Å²) < 4.78 is 8.13. The van der Waals surface area contributed by atoms with Crippen molar-refractivity contribution in [3.8, 4) is 5.88 Å². The van der Waals surface area contributed by atoms with Crippen LogP contribution in [0.5, 0.6) is 5.88 Å². The molecule has 0 saturated heterocycles. The molecule has 5 rings (SSSR count). The fourth-order valence-electron chi connectivity index (χ4n) is 3.54. The van der Waals surface area contributed by atoms with Gasteiger partial charge in [0.1, 0.15) is 23.4 Å². The average molecular weight is 385 g/mol. The Bertz CT molecular complexity index is 1210. The number of thiophene rings is 1. The molecule has 0 saturated carbocycles. The van der Waals surface area contributed by atoms with Crippen LogP contribution >= 0.6 is 11.3 Å². The Kier molecular flexibility index (Phi) is 3.41. The molecule has 0 amide bonds. The molecule has 1 aliphatic carbocycles. The minimum atomic E-state index is -0.520. The Balaban J connectivity index is 1.63. The predicted molar refractivity (Wildman–Crippen MR) is 97.4 cm³/mol. The van der Waals surface area contributed by atoms with E-state index in [-0.39, 0.29) is 11.6 Å². The molecular weight excluding hydrogens is 370 g/mol. The van der Waals surface area contributed by atoms with Crippen LogP contribution in [0.2, 0.25) is 0 Å². The second kappa shape index (κ2) is 5.71. The van der Waals surface area contributed by atoms with Crippen molar-refractivity contribution in [1.29, 1.82) is 0 Å². The lowest BCUT2D eigenvalue weighted by molar-refractivity contribution is -0.385. The number of ether oxygens (including phenoxy) is 1. The van der Waals surface area contributed by atoms with Crippen molar-refractivity contribution >= 4 is 32.9 Å². The van der Waals surface area contributed by atoms with Gasteiger partial charge in [-0.3, -0.25) is 14.8 Å². The van der Waals surface area contributed by atoms with Crippen LogP contribution in [0.3, 0.4) is 0 Å². The summed E-state index contributed by atoms with van der Waals surface area (Å²) in [5.74, 6) is 0.484. The van der Waals surface area contributed by atoms with Gasteiger partial charge in [0, 0.05) is 4.88 Å². The lowest BCUT2D eigenvalue weighted by atomic mass is 10.2. The number of methoxy groups -OCH3 is 1. The first kappa shape index (κ1) is 16.1. The standard InChI is InChI=1S/C16H15N7O3S/c1-8(21-6-10(23(24)25)15(20-21)26-2)13-18-14-12-9-4-3-5-11(9)27-16(12)17-7-22(14)19-13/h6-8H,3-5H2,1-2H3. The summed E-state index contributed by atoms with van der Waals surface area (Å²) >= 11 is 1.73. The molecule has 0 aliphatic heterocycles. The van der Waals surface area contributed by atoms with Gasteiger partial charge >= 0.3 is 11.6 Å². The van der Waals surface area contributed by atoms with Crippen molar-refractivity contribution in [2.75, 3.05) is 7.11 Å². The van der Waals surface area contributed by atoms with Crippen LogP contribution in [0.15, 0.2) is 12.5 Å². The number of fused-ring (bicyclic) bond motifs is 5. The fraction of sp³-hybridized carbons (Fsp3) is 0.375. The molecule has 0 N–H and O–H groups in total. The molecular formula is C16H15N7O3S. The molecule has 0 radical (unpaired) electrons. The first-order chi connectivity index (χ1) is 13.1. The molecule has 0 aromatic carbocycles. The summed E-state index contributed by atoms with van der Waals surface area (Å²) in [5.41, 5.74) is 1.92. The van der Waals surface area contributed by atoms with E-state index in [2.05, 4.69) is 15.2 Å². The molecule has 138 valence electrons. The van der Waals surface area contributed by atoms with Crippen molar-refractivity contribution < 1.29 is 9.66 Å². The van der Waals surface area contributed by atoms with Crippen molar-refractivity contribution in [1.82, 2.24) is 29.4 Å². The molecule has 27 heavy (non-hydrogen) atoms. The number of rotatable bonds is 4. The quantitative estimate of drug-likeness (QED) is 0.392. The topological polar surface area (TPSA) is 113 Å². The Morgan fingerprint density at radius 1 is 1.37 bits per heavy atom. The first-order valence-electron chi connectivity index (χ1n) is 8.50. The van der Waals surface area contributed by atoms with Crippen LogP contribution in [0.1, 0.15) is 35.7 Å². The van der Waals surface area contributed by atoms with Gasteiger partial charge in [-0.1, -0.05) is 0 Å². The van der Waals surface area contributed by atoms with Gasteiger partial charge in [-0.25, -0.2) is 14.5 Å². The Morgan fingerprint density at radius 3 is 2.96 bits per heavy atom. The van der Waals surface area contributed by atoms with E-state index in [1.54, 1.807) is 22.2 Å². The summed E-state index contributed by atoms with van der Waals surface area (Å²) in [6.07, 6.45) is 6.30. The number of hydrogen-bond acceptors (Lipinski definition) is 8. The number of aryl methyl sites for hydroxylation is 2. The van der Waals surface area contributed by atoms with Crippen LogP contribution in [0.25, 0.3) is 15.9 Å². The second-order valence-electron chi connectivity index (χ2n) is 6.46. The van der Waals surface area contributed by atoms with E-state index in [1.165, 1.54) is 28.4 Å². The number of nitrogens with zero attached hydrogens (tertiary/aromatic N) is 7. The van der Waals surface area contributed by atoms with E-state index in [0.29, 0.717) is 5.82 Å². The van der Waals surface area contributed by atoms with Gasteiger partial charge in [-0.05, 0) is 31.7 Å². The first-order valence-corrected chi connectivity index (χ1v) is 9.31. The van der Waals surface area contributed by atoms with E-state index < -0.39 is 11.0 Å².